The van der Waals surface area contributed by atoms with Gasteiger partial charge in [-0.25, -0.2) is 4.98 Å². The van der Waals surface area contributed by atoms with Crippen LogP contribution in [0.2, 0.25) is 0 Å². The minimum Gasteiger partial charge on any atom is -0.348 e. The van der Waals surface area contributed by atoms with E-state index in [1.807, 2.05) is 24.5 Å². The lowest BCUT2D eigenvalue weighted by Crippen LogP contribution is -2.20. The molecule has 106 valence electrons. The highest BCUT2D eigenvalue weighted by atomic mass is 32.1. The smallest absolute Gasteiger partial charge is 0.185 e. The highest BCUT2D eigenvalue weighted by molar-refractivity contribution is 7.13. The van der Waals surface area contributed by atoms with Crippen molar-refractivity contribution in [3.63, 3.8) is 0 Å². The largest absolute Gasteiger partial charge is 0.348 e. The molecule has 1 saturated carbocycles. The maximum Gasteiger partial charge on any atom is 0.185 e. The molecule has 1 N–H and O–H groups in total. The molecule has 1 fully saturated rings. The van der Waals surface area contributed by atoms with Crippen LogP contribution in [0.25, 0.3) is 0 Å². The van der Waals surface area contributed by atoms with Crippen molar-refractivity contribution in [2.24, 2.45) is 0 Å². The molecule has 0 saturated heterocycles. The lowest BCUT2D eigenvalue weighted by Gasteiger charge is -2.14. The molecule has 5 heteroatoms. The summed E-state index contributed by atoms with van der Waals surface area (Å²) in [6.07, 6.45) is 6.28. The van der Waals surface area contributed by atoms with E-state index in [-0.39, 0.29) is 0 Å². The predicted octanol–water partition coefficient (Wildman–Crippen LogP) is 2.99. The Balaban J connectivity index is 1.56. The highest BCUT2D eigenvalue weighted by Gasteiger charge is 2.27. The van der Waals surface area contributed by atoms with Gasteiger partial charge in [0.05, 0.1) is 5.69 Å². The van der Waals surface area contributed by atoms with Crippen molar-refractivity contribution in [3.05, 3.63) is 41.2 Å². The second-order valence-corrected chi connectivity index (χ2v) is 6.18. The Morgan fingerprint density at radius 3 is 2.85 bits per heavy atom. The first-order valence-electron chi connectivity index (χ1n) is 7.04. The third kappa shape index (κ3) is 3.16. The van der Waals surface area contributed by atoms with Crippen molar-refractivity contribution in [2.45, 2.75) is 38.4 Å². The first-order valence-corrected chi connectivity index (χ1v) is 7.92. The molecule has 0 spiro atoms. The van der Waals surface area contributed by atoms with Gasteiger partial charge in [-0.3, -0.25) is 4.98 Å². The van der Waals surface area contributed by atoms with Crippen molar-refractivity contribution in [1.82, 2.24) is 15.3 Å². The Bertz CT molecular complexity index is 550. The van der Waals surface area contributed by atoms with Crippen molar-refractivity contribution in [2.75, 3.05) is 11.9 Å². The van der Waals surface area contributed by atoms with E-state index in [1.165, 1.54) is 18.4 Å². The summed E-state index contributed by atoms with van der Waals surface area (Å²) in [5.74, 6) is 0. The van der Waals surface area contributed by atoms with Gasteiger partial charge in [0.2, 0.25) is 0 Å². The zero-order valence-corrected chi connectivity index (χ0v) is 12.7. The fourth-order valence-electron chi connectivity index (χ4n) is 2.19. The quantitative estimate of drug-likeness (QED) is 0.887. The van der Waals surface area contributed by atoms with E-state index < -0.39 is 0 Å². The summed E-state index contributed by atoms with van der Waals surface area (Å²) in [5, 5.41) is 6.80. The van der Waals surface area contributed by atoms with Crippen LogP contribution in [-0.2, 0) is 6.54 Å². The molecule has 0 radical (unpaired) electrons. The van der Waals surface area contributed by atoms with Crippen LogP contribution in [0.5, 0.6) is 0 Å². The van der Waals surface area contributed by atoms with Crippen LogP contribution in [0.3, 0.4) is 0 Å². The van der Waals surface area contributed by atoms with Crippen molar-refractivity contribution >= 4 is 16.5 Å². The minimum atomic E-state index is 0.310. The van der Waals surface area contributed by atoms with Gasteiger partial charge >= 0.3 is 0 Å². The molecule has 0 bridgehead atoms. The summed E-state index contributed by atoms with van der Waals surface area (Å²) in [6, 6.07) is 5.12. The number of aromatic nitrogens is 2. The number of anilines is 1. The Kier molecular flexibility index (Phi) is 3.98. The van der Waals surface area contributed by atoms with E-state index in [1.54, 1.807) is 11.3 Å². The van der Waals surface area contributed by atoms with Crippen LogP contribution in [-0.4, -0.2) is 23.1 Å². The van der Waals surface area contributed by atoms with Gasteiger partial charge in [-0.2, -0.15) is 0 Å². The topological polar surface area (TPSA) is 41.0 Å². The molecular weight excluding hydrogens is 268 g/mol. The molecule has 0 aliphatic heterocycles. The van der Waals surface area contributed by atoms with Crippen molar-refractivity contribution in [3.8, 4) is 0 Å². The fraction of sp³-hybridized carbons (Fsp3) is 0.467. The second-order valence-electron chi connectivity index (χ2n) is 5.35. The van der Waals surface area contributed by atoms with Gasteiger partial charge in [0.25, 0.3) is 0 Å². The molecular formula is C15H20N4S. The summed E-state index contributed by atoms with van der Waals surface area (Å²) >= 11 is 1.74. The van der Waals surface area contributed by atoms with Gasteiger partial charge in [-0.05, 0) is 37.5 Å². The Morgan fingerprint density at radius 1 is 1.40 bits per heavy atom. The SMILES string of the molecule is CC(NCc1csc(N(C)C2CC2)n1)c1ccncc1. The Hall–Kier alpha value is -1.46. The van der Waals surface area contributed by atoms with Crippen LogP contribution in [0.15, 0.2) is 29.9 Å². The molecule has 2 heterocycles. The second kappa shape index (κ2) is 5.89. The number of nitrogens with one attached hydrogen (secondary N) is 1. The van der Waals surface area contributed by atoms with Crippen LogP contribution in [0.4, 0.5) is 5.13 Å². The molecule has 2 aromatic rings. The van der Waals surface area contributed by atoms with Gasteiger partial charge < -0.3 is 10.2 Å². The standard InChI is InChI=1S/C15H20N4S/c1-11(12-5-7-16-8-6-12)17-9-13-10-20-15(18-13)19(2)14-3-4-14/h5-8,10-11,14,17H,3-4,9H2,1-2H3. The normalized spacial score (nSPS) is 16.1. The van der Waals surface area contributed by atoms with Gasteiger partial charge in [-0.1, -0.05) is 0 Å². The molecule has 4 nitrogen and oxygen atoms in total. The van der Waals surface area contributed by atoms with E-state index in [4.69, 9.17) is 4.98 Å². The lowest BCUT2D eigenvalue weighted by molar-refractivity contribution is 0.568. The fourth-order valence-corrected chi connectivity index (χ4v) is 3.05. The average molecular weight is 288 g/mol. The summed E-state index contributed by atoms with van der Waals surface area (Å²) in [4.78, 5) is 11.1. The summed E-state index contributed by atoms with van der Waals surface area (Å²) in [5.41, 5.74) is 2.38. The first kappa shape index (κ1) is 13.5. The monoisotopic (exact) mass is 288 g/mol. The van der Waals surface area contributed by atoms with Crippen LogP contribution in [0.1, 0.15) is 37.1 Å². The summed E-state index contributed by atoms with van der Waals surface area (Å²) in [6.45, 7) is 2.97. The van der Waals surface area contributed by atoms with Crippen molar-refractivity contribution in [1.29, 1.82) is 0 Å². The van der Waals surface area contributed by atoms with E-state index in [0.29, 0.717) is 6.04 Å². The van der Waals surface area contributed by atoms with Crippen LogP contribution >= 0.6 is 11.3 Å². The maximum absolute atomic E-state index is 4.71. The number of thiazole rings is 1. The molecule has 2 aromatic heterocycles. The zero-order chi connectivity index (χ0) is 13.9. The predicted molar refractivity (Wildman–Crippen MR) is 83.0 cm³/mol. The third-order valence-corrected chi connectivity index (χ3v) is 4.71. The van der Waals surface area contributed by atoms with Gasteiger partial charge in [0.15, 0.2) is 5.13 Å². The number of hydrogen-bond donors (Lipinski definition) is 1. The molecule has 3 rings (SSSR count). The average Bonchev–Trinajstić information content (AvgIpc) is 3.23. The highest BCUT2D eigenvalue weighted by Crippen LogP contribution is 2.31. The van der Waals surface area contributed by atoms with Gasteiger partial charge in [0.1, 0.15) is 0 Å². The summed E-state index contributed by atoms with van der Waals surface area (Å²) in [7, 11) is 2.15. The van der Waals surface area contributed by atoms with E-state index in [9.17, 15) is 0 Å². The maximum atomic E-state index is 4.71. The third-order valence-electron chi connectivity index (χ3n) is 3.73. The Labute approximate surface area is 123 Å². The molecule has 1 aliphatic carbocycles. The molecule has 20 heavy (non-hydrogen) atoms. The molecule has 1 unspecified atom stereocenters. The molecule has 0 aromatic carbocycles. The minimum absolute atomic E-state index is 0.310. The molecule has 1 aliphatic rings. The lowest BCUT2D eigenvalue weighted by atomic mass is 10.1. The van der Waals surface area contributed by atoms with Crippen molar-refractivity contribution < 1.29 is 0 Å². The number of rotatable bonds is 6. The first-order chi connectivity index (χ1) is 9.74. The van der Waals surface area contributed by atoms with E-state index >= 15 is 0 Å². The molecule has 1 atom stereocenters. The number of hydrogen-bond acceptors (Lipinski definition) is 5. The van der Waals surface area contributed by atoms with E-state index in [2.05, 4.69) is 34.6 Å². The van der Waals surface area contributed by atoms with E-state index in [0.717, 1.165) is 23.4 Å². The molecule has 0 amide bonds. The van der Waals surface area contributed by atoms with Crippen LogP contribution < -0.4 is 10.2 Å². The summed E-state index contributed by atoms with van der Waals surface area (Å²) < 4.78 is 0. The van der Waals surface area contributed by atoms with Gasteiger partial charge in [-0.15, -0.1) is 11.3 Å². The van der Waals surface area contributed by atoms with Gasteiger partial charge in [0, 0.05) is 43.4 Å². The zero-order valence-electron chi connectivity index (χ0n) is 11.9. The number of nitrogens with zero attached hydrogens (tertiary/aromatic N) is 3. The number of pyridine rings is 1. The Morgan fingerprint density at radius 2 is 2.15 bits per heavy atom. The van der Waals surface area contributed by atoms with Crippen LogP contribution in [0, 0.1) is 0 Å².